The first kappa shape index (κ1) is 12.6. The molecular formula is C13H26N2. The van der Waals surface area contributed by atoms with Crippen LogP contribution >= 0.6 is 0 Å². The van der Waals surface area contributed by atoms with Crippen LogP contribution in [0.15, 0.2) is 12.3 Å². The summed E-state index contributed by atoms with van der Waals surface area (Å²) in [5, 5.41) is 0. The van der Waals surface area contributed by atoms with Gasteiger partial charge in [-0.15, -0.1) is 0 Å². The van der Waals surface area contributed by atoms with E-state index in [1.54, 1.807) is 0 Å². The van der Waals surface area contributed by atoms with Gasteiger partial charge in [0.25, 0.3) is 0 Å². The molecule has 2 nitrogen and oxygen atoms in total. The monoisotopic (exact) mass is 210 g/mol. The van der Waals surface area contributed by atoms with E-state index in [0.29, 0.717) is 18.0 Å². The Morgan fingerprint density at radius 2 is 1.93 bits per heavy atom. The van der Waals surface area contributed by atoms with E-state index in [9.17, 15) is 0 Å². The van der Waals surface area contributed by atoms with Gasteiger partial charge in [0.15, 0.2) is 0 Å². The van der Waals surface area contributed by atoms with Crippen molar-refractivity contribution in [2.24, 2.45) is 5.92 Å². The van der Waals surface area contributed by atoms with Gasteiger partial charge in [-0.25, -0.2) is 0 Å². The molecule has 0 aliphatic carbocycles. The molecule has 0 radical (unpaired) electrons. The van der Waals surface area contributed by atoms with Gasteiger partial charge in [-0.2, -0.15) is 0 Å². The van der Waals surface area contributed by atoms with E-state index in [-0.39, 0.29) is 0 Å². The molecule has 0 aromatic heterocycles. The average molecular weight is 210 g/mol. The Balaban J connectivity index is 2.50. The third-order valence-electron chi connectivity index (χ3n) is 3.65. The number of likely N-dealkylation sites (tertiary alicyclic amines) is 1. The molecule has 1 unspecified atom stereocenters. The van der Waals surface area contributed by atoms with Gasteiger partial charge in [-0.1, -0.05) is 6.58 Å². The van der Waals surface area contributed by atoms with Crippen molar-refractivity contribution in [1.82, 2.24) is 9.80 Å². The van der Waals surface area contributed by atoms with Crippen LogP contribution in [-0.4, -0.2) is 42.0 Å². The fourth-order valence-corrected chi connectivity index (χ4v) is 2.15. The summed E-state index contributed by atoms with van der Waals surface area (Å²) in [6.07, 6.45) is 1.27. The van der Waals surface area contributed by atoms with Crippen LogP contribution in [0.4, 0.5) is 0 Å². The summed E-state index contributed by atoms with van der Waals surface area (Å²) in [7, 11) is 2.16. The van der Waals surface area contributed by atoms with E-state index in [1.165, 1.54) is 25.2 Å². The zero-order valence-electron chi connectivity index (χ0n) is 11.0. The smallest absolute Gasteiger partial charge is 0.0227 e. The highest BCUT2D eigenvalue weighted by molar-refractivity contribution is 5.04. The van der Waals surface area contributed by atoms with Gasteiger partial charge >= 0.3 is 0 Å². The summed E-state index contributed by atoms with van der Waals surface area (Å²) < 4.78 is 0. The van der Waals surface area contributed by atoms with Gasteiger partial charge in [0.1, 0.15) is 0 Å². The maximum absolute atomic E-state index is 4.25. The normalized spacial score (nSPS) is 22.7. The SMILES string of the molecule is C=C(C1CCN(C(C)C)C1)N(C)C(C)C. The van der Waals surface area contributed by atoms with E-state index < -0.39 is 0 Å². The van der Waals surface area contributed by atoms with Gasteiger partial charge in [0.2, 0.25) is 0 Å². The van der Waals surface area contributed by atoms with Crippen molar-refractivity contribution >= 4 is 0 Å². The van der Waals surface area contributed by atoms with Gasteiger partial charge in [0, 0.05) is 37.3 Å². The first-order valence-corrected chi connectivity index (χ1v) is 6.09. The zero-order chi connectivity index (χ0) is 11.6. The second-order valence-electron chi connectivity index (χ2n) is 5.27. The molecule has 1 fully saturated rings. The van der Waals surface area contributed by atoms with Crippen molar-refractivity contribution in [3.05, 3.63) is 12.3 Å². The fraction of sp³-hybridized carbons (Fsp3) is 0.846. The molecule has 1 aliphatic heterocycles. The Hall–Kier alpha value is -0.500. The fourth-order valence-electron chi connectivity index (χ4n) is 2.15. The maximum atomic E-state index is 4.25. The van der Waals surface area contributed by atoms with Crippen molar-refractivity contribution in [1.29, 1.82) is 0 Å². The lowest BCUT2D eigenvalue weighted by Gasteiger charge is -2.30. The lowest BCUT2D eigenvalue weighted by molar-refractivity contribution is 0.254. The largest absolute Gasteiger partial charge is 0.376 e. The Kier molecular flexibility index (Phi) is 4.21. The second kappa shape index (κ2) is 5.02. The highest BCUT2D eigenvalue weighted by atomic mass is 15.2. The molecule has 0 aromatic carbocycles. The Bertz CT molecular complexity index is 221. The van der Waals surface area contributed by atoms with E-state index >= 15 is 0 Å². The summed E-state index contributed by atoms with van der Waals surface area (Å²) in [6, 6.07) is 1.23. The van der Waals surface area contributed by atoms with Crippen molar-refractivity contribution in [3.8, 4) is 0 Å². The van der Waals surface area contributed by atoms with Gasteiger partial charge in [-0.3, -0.25) is 0 Å². The molecular weight excluding hydrogens is 184 g/mol. The van der Waals surface area contributed by atoms with E-state index in [1.807, 2.05) is 0 Å². The quantitative estimate of drug-likeness (QED) is 0.703. The third kappa shape index (κ3) is 2.97. The van der Waals surface area contributed by atoms with Crippen molar-refractivity contribution in [2.45, 2.75) is 46.2 Å². The molecule has 0 spiro atoms. The molecule has 2 heteroatoms. The topological polar surface area (TPSA) is 6.48 Å². The van der Waals surface area contributed by atoms with E-state index in [2.05, 4.69) is 51.1 Å². The number of rotatable bonds is 4. The van der Waals surface area contributed by atoms with Crippen LogP contribution in [-0.2, 0) is 0 Å². The van der Waals surface area contributed by atoms with Crippen LogP contribution < -0.4 is 0 Å². The molecule has 1 rings (SSSR count). The predicted octanol–water partition coefficient (Wildman–Crippen LogP) is 2.57. The predicted molar refractivity (Wildman–Crippen MR) is 66.9 cm³/mol. The third-order valence-corrected chi connectivity index (χ3v) is 3.65. The maximum Gasteiger partial charge on any atom is 0.0227 e. The number of hydrogen-bond acceptors (Lipinski definition) is 2. The summed E-state index contributed by atoms with van der Waals surface area (Å²) in [6.45, 7) is 15.7. The van der Waals surface area contributed by atoms with E-state index in [4.69, 9.17) is 0 Å². The minimum Gasteiger partial charge on any atom is -0.376 e. The highest BCUT2D eigenvalue weighted by Crippen LogP contribution is 2.26. The summed E-state index contributed by atoms with van der Waals surface area (Å²) >= 11 is 0. The molecule has 0 saturated carbocycles. The minimum absolute atomic E-state index is 0.561. The molecule has 15 heavy (non-hydrogen) atoms. The summed E-state index contributed by atoms with van der Waals surface area (Å²) in [5.74, 6) is 0.666. The zero-order valence-corrected chi connectivity index (χ0v) is 11.0. The van der Waals surface area contributed by atoms with Crippen LogP contribution in [0.5, 0.6) is 0 Å². The number of hydrogen-bond donors (Lipinski definition) is 0. The molecule has 1 atom stereocenters. The van der Waals surface area contributed by atoms with Gasteiger partial charge < -0.3 is 9.80 Å². The van der Waals surface area contributed by atoms with Crippen LogP contribution in [0.25, 0.3) is 0 Å². The van der Waals surface area contributed by atoms with Crippen molar-refractivity contribution < 1.29 is 0 Å². The highest BCUT2D eigenvalue weighted by Gasteiger charge is 2.27. The number of nitrogens with zero attached hydrogens (tertiary/aromatic N) is 2. The first-order valence-electron chi connectivity index (χ1n) is 6.09. The van der Waals surface area contributed by atoms with Crippen LogP contribution in [0.1, 0.15) is 34.1 Å². The lowest BCUT2D eigenvalue weighted by Crippen LogP contribution is -2.32. The van der Waals surface area contributed by atoms with Crippen LogP contribution in [0.3, 0.4) is 0 Å². The molecule has 0 aromatic rings. The van der Waals surface area contributed by atoms with Crippen molar-refractivity contribution in [3.63, 3.8) is 0 Å². The molecule has 1 saturated heterocycles. The van der Waals surface area contributed by atoms with Gasteiger partial charge in [0.05, 0.1) is 0 Å². The second-order valence-corrected chi connectivity index (χ2v) is 5.27. The molecule has 88 valence electrons. The Labute approximate surface area is 94.9 Å². The molecule has 0 amide bonds. The Morgan fingerprint density at radius 3 is 2.33 bits per heavy atom. The van der Waals surface area contributed by atoms with Crippen LogP contribution in [0, 0.1) is 5.92 Å². The Morgan fingerprint density at radius 1 is 1.33 bits per heavy atom. The van der Waals surface area contributed by atoms with Crippen molar-refractivity contribution in [2.75, 3.05) is 20.1 Å². The summed E-state index contributed by atoms with van der Waals surface area (Å²) in [5.41, 5.74) is 1.31. The molecule has 0 bridgehead atoms. The molecule has 1 aliphatic rings. The van der Waals surface area contributed by atoms with Crippen LogP contribution in [0.2, 0.25) is 0 Å². The lowest BCUT2D eigenvalue weighted by atomic mass is 10.0. The molecule has 1 heterocycles. The standard InChI is InChI=1S/C13H26N2/c1-10(2)14(6)12(5)13-7-8-15(9-13)11(3)4/h10-11,13H,5,7-9H2,1-4,6H3. The van der Waals surface area contributed by atoms with E-state index in [0.717, 1.165) is 0 Å². The average Bonchev–Trinajstić information content (AvgIpc) is 2.64. The van der Waals surface area contributed by atoms with Gasteiger partial charge in [-0.05, 0) is 40.7 Å². The summed E-state index contributed by atoms with van der Waals surface area (Å²) in [4.78, 5) is 4.86. The minimum atomic E-state index is 0.561. The molecule has 0 N–H and O–H groups in total. The first-order chi connectivity index (χ1) is 6.93.